The van der Waals surface area contributed by atoms with Crippen molar-refractivity contribution in [3.8, 4) is 5.75 Å². The van der Waals surface area contributed by atoms with E-state index in [0.717, 1.165) is 0 Å². The molecular weight excluding hydrogens is 189 g/mol. The van der Waals surface area contributed by atoms with Crippen LogP contribution in [0.4, 0.5) is 10.1 Å². The molecule has 0 amide bonds. The molecule has 1 rings (SSSR count). The van der Waals surface area contributed by atoms with Gasteiger partial charge in [0.15, 0.2) is 5.82 Å². The van der Waals surface area contributed by atoms with Gasteiger partial charge < -0.3 is 15.2 Å². The summed E-state index contributed by atoms with van der Waals surface area (Å²) in [6.07, 6.45) is 0. The zero-order valence-electron chi connectivity index (χ0n) is 7.83. The van der Waals surface area contributed by atoms with Crippen molar-refractivity contribution in [3.05, 3.63) is 23.5 Å². The number of hydrogen-bond acceptors (Lipinski definition) is 4. The van der Waals surface area contributed by atoms with Crippen molar-refractivity contribution >= 4 is 11.7 Å². The van der Waals surface area contributed by atoms with Crippen LogP contribution >= 0.6 is 0 Å². The standard InChI is InChI=1S/C9H10FNO3/c1-13-6-4-3-5(9(12)14-2)7(10)8(6)11/h3-4H,11H2,1-2H3. The molecule has 2 N–H and O–H groups in total. The molecular formula is C9H10FNO3. The molecule has 1 aromatic rings. The molecule has 0 atom stereocenters. The van der Waals surface area contributed by atoms with Crippen LogP contribution in [-0.4, -0.2) is 20.2 Å². The van der Waals surface area contributed by atoms with E-state index in [-0.39, 0.29) is 17.0 Å². The van der Waals surface area contributed by atoms with Crippen LogP contribution in [-0.2, 0) is 4.74 Å². The fourth-order valence-electron chi connectivity index (χ4n) is 1.02. The van der Waals surface area contributed by atoms with E-state index in [4.69, 9.17) is 10.5 Å². The molecule has 76 valence electrons. The van der Waals surface area contributed by atoms with Gasteiger partial charge in [-0.3, -0.25) is 0 Å². The Morgan fingerprint density at radius 1 is 1.43 bits per heavy atom. The number of rotatable bonds is 2. The van der Waals surface area contributed by atoms with Crippen LogP contribution in [0.3, 0.4) is 0 Å². The number of benzene rings is 1. The molecule has 1 aromatic carbocycles. The average molecular weight is 199 g/mol. The van der Waals surface area contributed by atoms with E-state index in [0.29, 0.717) is 0 Å². The van der Waals surface area contributed by atoms with Gasteiger partial charge in [0.2, 0.25) is 0 Å². The third-order valence-corrected chi connectivity index (χ3v) is 1.76. The summed E-state index contributed by atoms with van der Waals surface area (Å²) in [7, 11) is 2.53. The Balaban J connectivity index is 3.24. The molecule has 0 aliphatic carbocycles. The molecule has 0 heterocycles. The topological polar surface area (TPSA) is 61.5 Å². The molecule has 5 heteroatoms. The molecule has 0 fully saturated rings. The highest BCUT2D eigenvalue weighted by atomic mass is 19.1. The second-order valence-electron chi connectivity index (χ2n) is 2.53. The van der Waals surface area contributed by atoms with E-state index < -0.39 is 11.8 Å². The number of ether oxygens (including phenoxy) is 2. The Morgan fingerprint density at radius 3 is 2.57 bits per heavy atom. The Bertz CT molecular complexity index is 365. The first-order valence-corrected chi connectivity index (χ1v) is 3.82. The SMILES string of the molecule is COC(=O)c1ccc(OC)c(N)c1F. The van der Waals surface area contributed by atoms with Crippen LogP contribution in [0.1, 0.15) is 10.4 Å². The van der Waals surface area contributed by atoms with Crippen LogP contribution in [0.5, 0.6) is 5.75 Å². The second kappa shape index (κ2) is 3.95. The molecule has 4 nitrogen and oxygen atoms in total. The van der Waals surface area contributed by atoms with Crippen molar-refractivity contribution in [1.29, 1.82) is 0 Å². The first kappa shape index (κ1) is 10.3. The summed E-state index contributed by atoms with van der Waals surface area (Å²) in [5.41, 5.74) is 4.98. The van der Waals surface area contributed by atoms with E-state index >= 15 is 0 Å². The molecule has 0 aromatic heterocycles. The smallest absolute Gasteiger partial charge is 0.340 e. The van der Waals surface area contributed by atoms with E-state index in [1.807, 2.05) is 0 Å². The lowest BCUT2D eigenvalue weighted by Gasteiger charge is -2.07. The highest BCUT2D eigenvalue weighted by Gasteiger charge is 2.17. The van der Waals surface area contributed by atoms with E-state index in [2.05, 4.69) is 4.74 Å². The minimum atomic E-state index is -0.823. The average Bonchev–Trinajstić information content (AvgIpc) is 2.21. The molecule has 0 spiro atoms. The Kier molecular flexibility index (Phi) is 2.91. The van der Waals surface area contributed by atoms with Crippen LogP contribution in [0.25, 0.3) is 0 Å². The predicted molar refractivity (Wildman–Crippen MR) is 48.7 cm³/mol. The first-order chi connectivity index (χ1) is 6.61. The van der Waals surface area contributed by atoms with Gasteiger partial charge in [-0.2, -0.15) is 0 Å². The van der Waals surface area contributed by atoms with E-state index in [1.165, 1.54) is 26.4 Å². The zero-order valence-corrected chi connectivity index (χ0v) is 7.83. The number of nitrogens with two attached hydrogens (primary N) is 1. The minimum Gasteiger partial charge on any atom is -0.494 e. The molecule has 0 radical (unpaired) electrons. The molecule has 0 aliphatic heterocycles. The van der Waals surface area contributed by atoms with Crippen LogP contribution in [0.15, 0.2) is 12.1 Å². The van der Waals surface area contributed by atoms with Gasteiger partial charge in [0.05, 0.1) is 19.8 Å². The molecule has 0 saturated heterocycles. The number of nitrogen functional groups attached to an aromatic ring is 1. The summed E-state index contributed by atoms with van der Waals surface area (Å²) in [5.74, 6) is -1.40. The second-order valence-corrected chi connectivity index (χ2v) is 2.53. The van der Waals surface area contributed by atoms with E-state index in [9.17, 15) is 9.18 Å². The molecule has 14 heavy (non-hydrogen) atoms. The normalized spacial score (nSPS) is 9.64. The number of esters is 1. The lowest BCUT2D eigenvalue weighted by Crippen LogP contribution is -2.07. The maximum absolute atomic E-state index is 13.4. The number of methoxy groups -OCH3 is 2. The summed E-state index contributed by atoms with van der Waals surface area (Å²) >= 11 is 0. The molecule has 0 unspecified atom stereocenters. The quantitative estimate of drug-likeness (QED) is 0.574. The highest BCUT2D eigenvalue weighted by Crippen LogP contribution is 2.26. The van der Waals surface area contributed by atoms with Gasteiger partial charge >= 0.3 is 5.97 Å². The third kappa shape index (κ3) is 1.61. The largest absolute Gasteiger partial charge is 0.494 e. The highest BCUT2D eigenvalue weighted by molar-refractivity contribution is 5.91. The van der Waals surface area contributed by atoms with E-state index in [1.54, 1.807) is 0 Å². The van der Waals surface area contributed by atoms with Crippen molar-refractivity contribution in [2.75, 3.05) is 20.0 Å². The Hall–Kier alpha value is -1.78. The molecule has 0 saturated carbocycles. The molecule has 0 bridgehead atoms. The predicted octanol–water partition coefficient (Wildman–Crippen LogP) is 1.20. The number of carbonyl (C=O) groups is 1. The number of carbonyl (C=O) groups excluding carboxylic acids is 1. The fraction of sp³-hybridized carbons (Fsp3) is 0.222. The Morgan fingerprint density at radius 2 is 2.07 bits per heavy atom. The van der Waals surface area contributed by atoms with Crippen LogP contribution < -0.4 is 10.5 Å². The monoisotopic (exact) mass is 199 g/mol. The van der Waals surface area contributed by atoms with Crippen LogP contribution in [0, 0.1) is 5.82 Å². The van der Waals surface area contributed by atoms with Crippen molar-refractivity contribution in [3.63, 3.8) is 0 Å². The molecule has 0 aliphatic rings. The first-order valence-electron chi connectivity index (χ1n) is 3.82. The zero-order chi connectivity index (χ0) is 10.7. The maximum atomic E-state index is 13.4. The number of halogens is 1. The summed E-state index contributed by atoms with van der Waals surface area (Å²) in [6.45, 7) is 0. The number of anilines is 1. The van der Waals surface area contributed by atoms with Crippen molar-refractivity contribution < 1.29 is 18.7 Å². The minimum absolute atomic E-state index is 0.190. The van der Waals surface area contributed by atoms with Gasteiger partial charge in [0.25, 0.3) is 0 Å². The Labute approximate surface area is 80.4 Å². The third-order valence-electron chi connectivity index (χ3n) is 1.76. The van der Waals surface area contributed by atoms with Gasteiger partial charge in [-0.15, -0.1) is 0 Å². The fourth-order valence-corrected chi connectivity index (χ4v) is 1.02. The number of hydrogen-bond donors (Lipinski definition) is 1. The van der Waals surface area contributed by atoms with Crippen LogP contribution in [0.2, 0.25) is 0 Å². The summed E-state index contributed by atoms with van der Waals surface area (Å²) in [5, 5.41) is 0. The summed E-state index contributed by atoms with van der Waals surface area (Å²) < 4.78 is 22.5. The van der Waals surface area contributed by atoms with Gasteiger partial charge in [-0.1, -0.05) is 0 Å². The maximum Gasteiger partial charge on any atom is 0.340 e. The summed E-state index contributed by atoms with van der Waals surface area (Å²) in [6, 6.07) is 2.67. The summed E-state index contributed by atoms with van der Waals surface area (Å²) in [4.78, 5) is 11.0. The van der Waals surface area contributed by atoms with Gasteiger partial charge in [0, 0.05) is 0 Å². The van der Waals surface area contributed by atoms with Gasteiger partial charge in [-0.25, -0.2) is 9.18 Å². The van der Waals surface area contributed by atoms with Gasteiger partial charge in [0.1, 0.15) is 11.4 Å². The van der Waals surface area contributed by atoms with Crippen molar-refractivity contribution in [2.24, 2.45) is 0 Å². The van der Waals surface area contributed by atoms with Crippen molar-refractivity contribution in [2.45, 2.75) is 0 Å². The van der Waals surface area contributed by atoms with Gasteiger partial charge in [-0.05, 0) is 12.1 Å². The van der Waals surface area contributed by atoms with Crippen molar-refractivity contribution in [1.82, 2.24) is 0 Å². The lowest BCUT2D eigenvalue weighted by atomic mass is 10.1. The lowest BCUT2D eigenvalue weighted by molar-refractivity contribution is 0.0595.